The summed E-state index contributed by atoms with van der Waals surface area (Å²) in [6, 6.07) is 0. The molecule has 0 aromatic heterocycles. The van der Waals surface area contributed by atoms with Crippen LogP contribution in [0.2, 0.25) is 0 Å². The number of aliphatic hydroxyl groups is 2. The van der Waals surface area contributed by atoms with E-state index >= 15 is 0 Å². The van der Waals surface area contributed by atoms with Crippen molar-refractivity contribution < 1.29 is 10.2 Å². The summed E-state index contributed by atoms with van der Waals surface area (Å²) in [5.41, 5.74) is 0.909. The molecule has 1 unspecified atom stereocenters. The molecule has 0 radical (unpaired) electrons. The fourth-order valence-electron chi connectivity index (χ4n) is 9.74. The fourth-order valence-corrected chi connectivity index (χ4v) is 9.74. The molecule has 2 N–H and O–H groups in total. The molecule has 0 bridgehead atoms. The van der Waals surface area contributed by atoms with Gasteiger partial charge >= 0.3 is 0 Å². The van der Waals surface area contributed by atoms with Crippen LogP contribution in [-0.2, 0) is 0 Å². The first-order chi connectivity index (χ1) is 12.7. The zero-order valence-electron chi connectivity index (χ0n) is 19.8. The summed E-state index contributed by atoms with van der Waals surface area (Å²) in [5.74, 6) is 2.16. The molecule has 4 aliphatic rings. The summed E-state index contributed by atoms with van der Waals surface area (Å²) in [5, 5.41) is 22.3. The van der Waals surface area contributed by atoms with E-state index in [0.29, 0.717) is 23.7 Å². The third-order valence-electron chi connectivity index (χ3n) is 11.3. The molecule has 0 saturated heterocycles. The quantitative estimate of drug-likeness (QED) is 0.528. The van der Waals surface area contributed by atoms with Crippen molar-refractivity contribution in [1.82, 2.24) is 0 Å². The van der Waals surface area contributed by atoms with Gasteiger partial charge in [-0.2, -0.15) is 0 Å². The maximum atomic E-state index is 11.3. The van der Waals surface area contributed by atoms with Crippen LogP contribution < -0.4 is 0 Å². The number of aliphatic hydroxyl groups excluding tert-OH is 2. The average molecular weight is 391 g/mol. The predicted octanol–water partition coefficient (Wildman–Crippen LogP) is 6.05. The topological polar surface area (TPSA) is 40.5 Å². The van der Waals surface area contributed by atoms with Gasteiger partial charge < -0.3 is 10.2 Å². The normalized spacial score (nSPS) is 55.9. The van der Waals surface area contributed by atoms with E-state index in [1.54, 1.807) is 0 Å². The Morgan fingerprint density at radius 1 is 0.857 bits per heavy atom. The molecule has 0 spiro atoms. The second-order valence-corrected chi connectivity index (χ2v) is 13.7. The van der Waals surface area contributed by atoms with E-state index < -0.39 is 0 Å². The average Bonchev–Trinajstić information content (AvgIpc) is 2.97. The molecule has 2 nitrogen and oxygen atoms in total. The molecule has 4 saturated carbocycles. The highest BCUT2D eigenvalue weighted by molar-refractivity contribution is 5.20. The molecule has 0 aliphatic heterocycles. The third kappa shape index (κ3) is 2.46. The zero-order chi connectivity index (χ0) is 20.9. The van der Waals surface area contributed by atoms with Crippen molar-refractivity contribution >= 4 is 0 Å². The molecular formula is C26H46O2. The van der Waals surface area contributed by atoms with Crippen molar-refractivity contribution in [3.05, 3.63) is 0 Å². The summed E-state index contributed by atoms with van der Waals surface area (Å²) in [4.78, 5) is 0. The highest BCUT2D eigenvalue weighted by atomic mass is 16.3. The Kier molecular flexibility index (Phi) is 4.53. The van der Waals surface area contributed by atoms with Gasteiger partial charge in [-0.3, -0.25) is 0 Å². The molecule has 0 heterocycles. The molecule has 4 fully saturated rings. The predicted molar refractivity (Wildman–Crippen MR) is 116 cm³/mol. The van der Waals surface area contributed by atoms with Crippen LogP contribution in [0.1, 0.15) is 100 Å². The molecule has 0 amide bonds. The van der Waals surface area contributed by atoms with Crippen molar-refractivity contribution in [2.75, 3.05) is 0 Å². The highest BCUT2D eigenvalue weighted by Crippen LogP contribution is 2.76. The number of hydrogen-bond donors (Lipinski definition) is 2. The Bertz CT molecular complexity index is 633. The largest absolute Gasteiger partial charge is 0.393 e. The Hall–Kier alpha value is -0.0800. The standard InChI is InChI=1S/C26H46O2/c1-22(2,3)17-15-26(8)19(14-18(27)16-10-9-12-25(16,26)7)24(6)13-11-20(28)23(4,5)21(17)24/h16-21,27-28H,9-15H2,1-8H3/t16-,17?,18+,19+,20-,21-,24+,25+,26+/m0/s1. The van der Waals surface area contributed by atoms with Crippen LogP contribution in [0.25, 0.3) is 0 Å². The lowest BCUT2D eigenvalue weighted by Gasteiger charge is -2.73. The van der Waals surface area contributed by atoms with Gasteiger partial charge in [0.05, 0.1) is 12.2 Å². The first-order valence-corrected chi connectivity index (χ1v) is 12.1. The van der Waals surface area contributed by atoms with Crippen LogP contribution in [0.15, 0.2) is 0 Å². The maximum absolute atomic E-state index is 11.3. The zero-order valence-corrected chi connectivity index (χ0v) is 19.8. The molecular weight excluding hydrogens is 344 g/mol. The first kappa shape index (κ1) is 21.2. The molecule has 9 atom stereocenters. The molecule has 2 heteroatoms. The van der Waals surface area contributed by atoms with Crippen LogP contribution in [0.5, 0.6) is 0 Å². The van der Waals surface area contributed by atoms with Gasteiger partial charge in [0, 0.05) is 0 Å². The van der Waals surface area contributed by atoms with E-state index in [2.05, 4.69) is 55.4 Å². The van der Waals surface area contributed by atoms with Crippen molar-refractivity contribution in [1.29, 1.82) is 0 Å². The van der Waals surface area contributed by atoms with E-state index in [9.17, 15) is 10.2 Å². The smallest absolute Gasteiger partial charge is 0.0594 e. The summed E-state index contributed by atoms with van der Waals surface area (Å²) in [6.45, 7) is 19.7. The second kappa shape index (κ2) is 6.00. The summed E-state index contributed by atoms with van der Waals surface area (Å²) in [7, 11) is 0. The minimum atomic E-state index is -0.205. The van der Waals surface area contributed by atoms with Gasteiger partial charge in [-0.1, -0.05) is 61.8 Å². The molecule has 4 rings (SSSR count). The number of hydrogen-bond acceptors (Lipinski definition) is 2. The van der Waals surface area contributed by atoms with E-state index in [1.807, 2.05) is 0 Å². The summed E-state index contributed by atoms with van der Waals surface area (Å²) >= 11 is 0. The van der Waals surface area contributed by atoms with Crippen LogP contribution in [0.4, 0.5) is 0 Å². The lowest BCUT2D eigenvalue weighted by molar-refractivity contribution is -0.268. The van der Waals surface area contributed by atoms with Gasteiger partial charge in [-0.25, -0.2) is 0 Å². The summed E-state index contributed by atoms with van der Waals surface area (Å²) < 4.78 is 0. The van der Waals surface area contributed by atoms with Crippen molar-refractivity contribution in [3.63, 3.8) is 0 Å². The Balaban J connectivity index is 1.90. The van der Waals surface area contributed by atoms with E-state index in [4.69, 9.17) is 0 Å². The third-order valence-corrected chi connectivity index (χ3v) is 11.3. The molecule has 162 valence electrons. The molecule has 28 heavy (non-hydrogen) atoms. The summed E-state index contributed by atoms with van der Waals surface area (Å²) in [6.07, 6.45) is 7.71. The van der Waals surface area contributed by atoms with Gasteiger partial charge in [0.15, 0.2) is 0 Å². The van der Waals surface area contributed by atoms with Crippen molar-refractivity contribution in [2.24, 2.45) is 50.7 Å². The van der Waals surface area contributed by atoms with Gasteiger partial charge in [0.25, 0.3) is 0 Å². The molecule has 0 aromatic carbocycles. The van der Waals surface area contributed by atoms with E-state index in [1.165, 1.54) is 25.7 Å². The highest BCUT2D eigenvalue weighted by Gasteiger charge is 2.71. The van der Waals surface area contributed by atoms with Gasteiger partial charge in [0.2, 0.25) is 0 Å². The SMILES string of the molecule is CC(C)(C)C1C[C@]2(C)[C@H](C[C@@H](O)[C@@H]3CCC[C@]32C)[C@@]2(C)CC[C@H](O)C(C)(C)[C@H]12. The van der Waals surface area contributed by atoms with E-state index in [-0.39, 0.29) is 39.3 Å². The monoisotopic (exact) mass is 390 g/mol. The minimum Gasteiger partial charge on any atom is -0.393 e. The first-order valence-electron chi connectivity index (χ1n) is 12.1. The Morgan fingerprint density at radius 2 is 1.50 bits per heavy atom. The van der Waals surface area contributed by atoms with Crippen LogP contribution in [0.3, 0.4) is 0 Å². The van der Waals surface area contributed by atoms with Crippen LogP contribution >= 0.6 is 0 Å². The molecule has 0 aromatic rings. The van der Waals surface area contributed by atoms with E-state index in [0.717, 1.165) is 19.3 Å². The Morgan fingerprint density at radius 3 is 2.11 bits per heavy atom. The second-order valence-electron chi connectivity index (χ2n) is 13.7. The van der Waals surface area contributed by atoms with Gasteiger partial charge in [-0.15, -0.1) is 0 Å². The Labute approximate surface area is 173 Å². The van der Waals surface area contributed by atoms with Gasteiger partial charge in [-0.05, 0) is 89.3 Å². The van der Waals surface area contributed by atoms with Crippen LogP contribution in [-0.4, -0.2) is 22.4 Å². The minimum absolute atomic E-state index is 0.0648. The lowest BCUT2D eigenvalue weighted by Crippen LogP contribution is -2.69. The van der Waals surface area contributed by atoms with Crippen molar-refractivity contribution in [3.8, 4) is 0 Å². The fraction of sp³-hybridized carbons (Fsp3) is 1.00. The number of rotatable bonds is 0. The van der Waals surface area contributed by atoms with Gasteiger partial charge in [0.1, 0.15) is 0 Å². The lowest BCUT2D eigenvalue weighted by atomic mass is 9.32. The molecule has 4 aliphatic carbocycles. The number of fused-ring (bicyclic) bond motifs is 5. The van der Waals surface area contributed by atoms with Crippen LogP contribution in [0, 0.1) is 50.7 Å². The maximum Gasteiger partial charge on any atom is 0.0594 e. The van der Waals surface area contributed by atoms with Crippen molar-refractivity contribution in [2.45, 2.75) is 113 Å².